The second-order valence-electron chi connectivity index (χ2n) is 4.51. The van der Waals surface area contributed by atoms with Crippen LogP contribution in [0.5, 0.6) is 0 Å². The molecule has 16 heavy (non-hydrogen) atoms. The van der Waals surface area contributed by atoms with Gasteiger partial charge in [-0.2, -0.15) is 0 Å². The summed E-state index contributed by atoms with van der Waals surface area (Å²) < 4.78 is 27.2. The van der Waals surface area contributed by atoms with E-state index in [2.05, 4.69) is 5.32 Å². The first-order valence-electron chi connectivity index (χ1n) is 5.84. The minimum atomic E-state index is -0.411. The second-order valence-corrected chi connectivity index (χ2v) is 4.51. The van der Waals surface area contributed by atoms with Gasteiger partial charge in [0.2, 0.25) is 0 Å². The maximum absolute atomic E-state index is 13.6. The lowest BCUT2D eigenvalue weighted by Gasteiger charge is -2.28. The second kappa shape index (κ2) is 4.91. The number of hydrogen-bond acceptors (Lipinski definition) is 1. The summed E-state index contributed by atoms with van der Waals surface area (Å²) in [6.45, 7) is 3.83. The van der Waals surface area contributed by atoms with Crippen molar-refractivity contribution in [2.45, 2.75) is 25.7 Å². The predicted octanol–water partition coefficient (Wildman–Crippen LogP) is 3.07. The van der Waals surface area contributed by atoms with Gasteiger partial charge in [-0.3, -0.25) is 0 Å². The van der Waals surface area contributed by atoms with Crippen LogP contribution in [0.1, 0.15) is 31.2 Å². The van der Waals surface area contributed by atoms with Gasteiger partial charge in [-0.1, -0.05) is 13.0 Å². The molecule has 0 spiro atoms. The lowest BCUT2D eigenvalue weighted by atomic mass is 9.81. The maximum atomic E-state index is 13.6. The molecule has 3 heteroatoms. The van der Waals surface area contributed by atoms with Crippen LogP contribution in [0.25, 0.3) is 0 Å². The number of nitrogens with one attached hydrogen (secondary N) is 1. The van der Waals surface area contributed by atoms with Crippen LogP contribution in [0.4, 0.5) is 8.78 Å². The van der Waals surface area contributed by atoms with Gasteiger partial charge in [-0.05, 0) is 49.9 Å². The molecule has 1 heterocycles. The molecule has 0 bridgehead atoms. The summed E-state index contributed by atoms with van der Waals surface area (Å²) in [4.78, 5) is 0. The third-order valence-electron chi connectivity index (χ3n) is 3.55. The molecule has 0 aliphatic carbocycles. The van der Waals surface area contributed by atoms with Gasteiger partial charge in [0.05, 0.1) is 0 Å². The number of rotatable bonds is 2. The molecule has 1 unspecified atom stereocenters. The lowest BCUT2D eigenvalue weighted by Crippen LogP contribution is -2.30. The van der Waals surface area contributed by atoms with Gasteiger partial charge in [-0.25, -0.2) is 8.78 Å². The van der Waals surface area contributed by atoms with Crippen molar-refractivity contribution in [3.05, 3.63) is 35.4 Å². The van der Waals surface area contributed by atoms with E-state index in [9.17, 15) is 8.78 Å². The molecule has 1 fully saturated rings. The van der Waals surface area contributed by atoms with Crippen molar-refractivity contribution >= 4 is 0 Å². The topological polar surface area (TPSA) is 12.0 Å². The molecule has 1 nitrogen and oxygen atoms in total. The molecule has 0 radical (unpaired) electrons. The van der Waals surface area contributed by atoms with Crippen molar-refractivity contribution in [3.8, 4) is 0 Å². The van der Waals surface area contributed by atoms with Gasteiger partial charge in [0.25, 0.3) is 0 Å². The zero-order valence-corrected chi connectivity index (χ0v) is 9.47. The molecule has 1 aliphatic heterocycles. The fraction of sp³-hybridized carbons (Fsp3) is 0.538. The van der Waals surface area contributed by atoms with E-state index in [1.165, 1.54) is 18.2 Å². The summed E-state index contributed by atoms with van der Waals surface area (Å²) in [5.41, 5.74) is 0.259. The third-order valence-corrected chi connectivity index (χ3v) is 3.55. The quantitative estimate of drug-likeness (QED) is 0.815. The molecule has 88 valence electrons. The van der Waals surface area contributed by atoms with Crippen LogP contribution in [-0.4, -0.2) is 13.1 Å². The summed E-state index contributed by atoms with van der Waals surface area (Å²) in [6, 6.07) is 4.11. The first-order valence-corrected chi connectivity index (χ1v) is 5.84. The van der Waals surface area contributed by atoms with Crippen molar-refractivity contribution in [1.29, 1.82) is 0 Å². The summed E-state index contributed by atoms with van der Waals surface area (Å²) in [5, 5.41) is 3.26. The van der Waals surface area contributed by atoms with E-state index < -0.39 is 11.6 Å². The maximum Gasteiger partial charge on any atom is 0.129 e. The molecule has 1 aliphatic rings. The van der Waals surface area contributed by atoms with Crippen LogP contribution in [0.3, 0.4) is 0 Å². The Morgan fingerprint density at radius 2 is 1.75 bits per heavy atom. The minimum absolute atomic E-state index is 0.0386. The summed E-state index contributed by atoms with van der Waals surface area (Å²) in [6.07, 6.45) is 1.99. The van der Waals surface area contributed by atoms with Crippen molar-refractivity contribution in [3.63, 3.8) is 0 Å². The SMILES string of the molecule is CC(c1c(F)cccc1F)C1CCNCC1. The molecular weight excluding hydrogens is 208 g/mol. The molecule has 0 saturated carbocycles. The van der Waals surface area contributed by atoms with Crippen LogP contribution in [0.15, 0.2) is 18.2 Å². The van der Waals surface area contributed by atoms with Gasteiger partial charge in [0, 0.05) is 5.56 Å². The monoisotopic (exact) mass is 225 g/mol. The Morgan fingerprint density at radius 3 is 2.31 bits per heavy atom. The standard InChI is InChI=1S/C13H17F2N/c1-9(10-5-7-16-8-6-10)13-11(14)3-2-4-12(13)15/h2-4,9-10,16H,5-8H2,1H3. The number of halogens is 2. The highest BCUT2D eigenvalue weighted by atomic mass is 19.1. The van der Waals surface area contributed by atoms with E-state index in [0.717, 1.165) is 25.9 Å². The average Bonchev–Trinajstić information content (AvgIpc) is 2.30. The van der Waals surface area contributed by atoms with Crippen LogP contribution < -0.4 is 5.32 Å². The Kier molecular flexibility index (Phi) is 3.54. The molecule has 1 saturated heterocycles. The Bertz CT molecular complexity index is 339. The van der Waals surface area contributed by atoms with E-state index >= 15 is 0 Å². The molecule has 2 rings (SSSR count). The largest absolute Gasteiger partial charge is 0.317 e. The number of benzene rings is 1. The molecule has 1 aromatic rings. The zero-order chi connectivity index (χ0) is 11.5. The Hall–Kier alpha value is -0.960. The summed E-state index contributed by atoms with van der Waals surface area (Å²) >= 11 is 0. The van der Waals surface area contributed by atoms with E-state index in [0.29, 0.717) is 5.92 Å². The Balaban J connectivity index is 2.22. The molecule has 1 atom stereocenters. The van der Waals surface area contributed by atoms with Crippen molar-refractivity contribution in [2.24, 2.45) is 5.92 Å². The van der Waals surface area contributed by atoms with Crippen LogP contribution in [0, 0.1) is 17.6 Å². The first kappa shape index (κ1) is 11.5. The highest BCUT2D eigenvalue weighted by Crippen LogP contribution is 2.33. The molecular formula is C13H17F2N. The highest BCUT2D eigenvalue weighted by molar-refractivity contribution is 5.24. The number of hydrogen-bond donors (Lipinski definition) is 1. The molecule has 1 aromatic carbocycles. The van der Waals surface area contributed by atoms with Crippen LogP contribution >= 0.6 is 0 Å². The first-order chi connectivity index (χ1) is 7.70. The zero-order valence-electron chi connectivity index (χ0n) is 9.47. The third kappa shape index (κ3) is 2.24. The smallest absolute Gasteiger partial charge is 0.129 e. The fourth-order valence-corrected chi connectivity index (χ4v) is 2.53. The van der Waals surface area contributed by atoms with Crippen molar-refractivity contribution in [2.75, 3.05) is 13.1 Å². The fourth-order valence-electron chi connectivity index (χ4n) is 2.53. The van der Waals surface area contributed by atoms with E-state index in [1.807, 2.05) is 6.92 Å². The molecule has 0 aromatic heterocycles. The van der Waals surface area contributed by atoms with Crippen molar-refractivity contribution in [1.82, 2.24) is 5.32 Å². The highest BCUT2D eigenvalue weighted by Gasteiger charge is 2.25. The van der Waals surface area contributed by atoms with E-state index in [4.69, 9.17) is 0 Å². The van der Waals surface area contributed by atoms with Gasteiger partial charge < -0.3 is 5.32 Å². The lowest BCUT2D eigenvalue weighted by molar-refractivity contribution is 0.319. The predicted molar refractivity (Wildman–Crippen MR) is 60.4 cm³/mol. The van der Waals surface area contributed by atoms with Gasteiger partial charge in [-0.15, -0.1) is 0 Å². The molecule has 0 amide bonds. The van der Waals surface area contributed by atoms with Crippen LogP contribution in [-0.2, 0) is 0 Å². The van der Waals surface area contributed by atoms with E-state index in [-0.39, 0.29) is 11.5 Å². The summed E-state index contributed by atoms with van der Waals surface area (Å²) in [7, 11) is 0. The Morgan fingerprint density at radius 1 is 1.19 bits per heavy atom. The Labute approximate surface area is 94.9 Å². The van der Waals surface area contributed by atoms with Gasteiger partial charge in [0.1, 0.15) is 11.6 Å². The minimum Gasteiger partial charge on any atom is -0.317 e. The normalized spacial score (nSPS) is 19.7. The van der Waals surface area contributed by atoms with Crippen molar-refractivity contribution < 1.29 is 8.78 Å². The number of piperidine rings is 1. The van der Waals surface area contributed by atoms with Gasteiger partial charge in [0.15, 0.2) is 0 Å². The van der Waals surface area contributed by atoms with E-state index in [1.54, 1.807) is 0 Å². The van der Waals surface area contributed by atoms with Gasteiger partial charge >= 0.3 is 0 Å². The average molecular weight is 225 g/mol. The van der Waals surface area contributed by atoms with Crippen LogP contribution in [0.2, 0.25) is 0 Å². The molecule has 1 N–H and O–H groups in total. The summed E-state index contributed by atoms with van der Waals surface area (Å²) in [5.74, 6) is -0.479.